The number of allylic oxidation sites excluding steroid dienone is 1. The second kappa shape index (κ2) is 9.30. The summed E-state index contributed by atoms with van der Waals surface area (Å²) in [7, 11) is 1.26. The molecule has 0 radical (unpaired) electrons. The minimum absolute atomic E-state index is 0.0463. The van der Waals surface area contributed by atoms with Crippen molar-refractivity contribution in [2.24, 2.45) is 5.92 Å². The van der Waals surface area contributed by atoms with Crippen LogP contribution in [-0.4, -0.2) is 37.2 Å². The van der Waals surface area contributed by atoms with Gasteiger partial charge in [0.2, 0.25) is 0 Å². The summed E-state index contributed by atoms with van der Waals surface area (Å²) < 4.78 is 15.4. The highest BCUT2D eigenvalue weighted by Gasteiger charge is 2.28. The number of ether oxygens (including phenoxy) is 2. The van der Waals surface area contributed by atoms with Crippen LogP contribution in [0.2, 0.25) is 0 Å². The highest BCUT2D eigenvalue weighted by Crippen LogP contribution is 2.29. The van der Waals surface area contributed by atoms with E-state index in [1.54, 1.807) is 6.08 Å². The van der Waals surface area contributed by atoms with Gasteiger partial charge in [0.15, 0.2) is 12.0 Å². The molecule has 1 aromatic rings. The fourth-order valence-electron chi connectivity index (χ4n) is 3.13. The van der Waals surface area contributed by atoms with E-state index in [4.69, 9.17) is 13.9 Å². The molecule has 1 aromatic heterocycles. The van der Waals surface area contributed by atoms with Crippen molar-refractivity contribution < 1.29 is 33.1 Å². The molecule has 1 aliphatic rings. The first-order chi connectivity index (χ1) is 13.2. The normalized spacial score (nSPS) is 16.9. The Labute approximate surface area is 163 Å². The van der Waals surface area contributed by atoms with Crippen LogP contribution < -0.4 is 0 Å². The lowest BCUT2D eigenvalue weighted by Crippen LogP contribution is -2.12. The van der Waals surface area contributed by atoms with E-state index >= 15 is 0 Å². The summed E-state index contributed by atoms with van der Waals surface area (Å²) in [4.78, 5) is 46.1. The second-order valence-electron chi connectivity index (χ2n) is 6.92. The van der Waals surface area contributed by atoms with Gasteiger partial charge in [-0.2, -0.15) is 0 Å². The molecule has 0 aliphatic carbocycles. The summed E-state index contributed by atoms with van der Waals surface area (Å²) in [6, 6.07) is 1.35. The maximum Gasteiger partial charge on any atom is 0.341 e. The fraction of sp³-hybridized carbons (Fsp3) is 0.429. The number of Topliss-reactive ketones (excluding diaryl/α,β-unsaturated/α-hetero) is 1. The molecule has 2 rings (SSSR count). The van der Waals surface area contributed by atoms with E-state index in [-0.39, 0.29) is 29.4 Å². The number of cyclic esters (lactones) is 1. The van der Waals surface area contributed by atoms with Gasteiger partial charge in [0.05, 0.1) is 7.11 Å². The number of esters is 2. The molecule has 0 spiro atoms. The van der Waals surface area contributed by atoms with Crippen molar-refractivity contribution in [3.63, 3.8) is 0 Å². The van der Waals surface area contributed by atoms with Crippen LogP contribution in [0, 0.1) is 5.92 Å². The van der Waals surface area contributed by atoms with Gasteiger partial charge in [0.25, 0.3) is 0 Å². The number of hydrogen-bond donors (Lipinski definition) is 0. The van der Waals surface area contributed by atoms with Crippen molar-refractivity contribution in [3.8, 4) is 0 Å². The van der Waals surface area contributed by atoms with Crippen LogP contribution in [0.25, 0.3) is 0 Å². The first kappa shape index (κ1) is 21.3. The maximum atomic E-state index is 12.0. The van der Waals surface area contributed by atoms with Gasteiger partial charge in [-0.1, -0.05) is 12.2 Å². The molecule has 0 amide bonds. The molecule has 2 heterocycles. The molecule has 0 saturated heterocycles. The van der Waals surface area contributed by atoms with E-state index in [2.05, 4.69) is 6.58 Å². The standard InChI is InChI=1S/C21H24O7/c1-12(2)14(5-6-15-8-16(7-13(3)23)28-20(15)24)9-19-18(21(25)26-4)10-17(11-22)27-19/h8,10-11,14,16H,1,5-7,9H2,2-4H3. The lowest BCUT2D eigenvalue weighted by Gasteiger charge is -2.16. The van der Waals surface area contributed by atoms with Gasteiger partial charge in [0.1, 0.15) is 23.2 Å². The number of carbonyl (C=O) groups is 4. The highest BCUT2D eigenvalue weighted by molar-refractivity contribution is 5.92. The monoisotopic (exact) mass is 388 g/mol. The first-order valence-corrected chi connectivity index (χ1v) is 8.97. The zero-order chi connectivity index (χ0) is 20.8. The molecule has 28 heavy (non-hydrogen) atoms. The summed E-state index contributed by atoms with van der Waals surface area (Å²) >= 11 is 0. The third-order valence-corrected chi connectivity index (χ3v) is 4.64. The number of ketones is 1. The minimum Gasteiger partial charge on any atom is -0.465 e. The van der Waals surface area contributed by atoms with Gasteiger partial charge >= 0.3 is 11.9 Å². The SMILES string of the molecule is C=C(C)C(CCC1=CC(CC(C)=O)OC1=O)Cc1oc(C=O)cc1C(=O)OC. The van der Waals surface area contributed by atoms with Crippen molar-refractivity contribution in [2.75, 3.05) is 7.11 Å². The highest BCUT2D eigenvalue weighted by atomic mass is 16.5. The third-order valence-electron chi connectivity index (χ3n) is 4.64. The predicted octanol–water partition coefficient (Wildman–Crippen LogP) is 3.22. The fourth-order valence-corrected chi connectivity index (χ4v) is 3.13. The van der Waals surface area contributed by atoms with Gasteiger partial charge in [-0.3, -0.25) is 9.59 Å². The molecule has 7 heteroatoms. The number of carbonyl (C=O) groups excluding carboxylic acids is 4. The van der Waals surface area contributed by atoms with Crippen LogP contribution >= 0.6 is 0 Å². The van der Waals surface area contributed by atoms with E-state index in [0.29, 0.717) is 36.9 Å². The molecule has 7 nitrogen and oxygen atoms in total. The minimum atomic E-state index is -0.582. The average Bonchev–Trinajstić information content (AvgIpc) is 3.20. The first-order valence-electron chi connectivity index (χ1n) is 8.97. The van der Waals surface area contributed by atoms with Crippen molar-refractivity contribution in [1.29, 1.82) is 0 Å². The van der Waals surface area contributed by atoms with Gasteiger partial charge in [-0.05, 0) is 38.7 Å². The Balaban J connectivity index is 2.11. The van der Waals surface area contributed by atoms with Crippen LogP contribution in [0.1, 0.15) is 59.8 Å². The average molecular weight is 388 g/mol. The van der Waals surface area contributed by atoms with Gasteiger partial charge in [-0.25, -0.2) is 9.59 Å². The van der Waals surface area contributed by atoms with Crippen LogP contribution in [-0.2, 0) is 25.5 Å². The van der Waals surface area contributed by atoms with Crippen molar-refractivity contribution in [1.82, 2.24) is 0 Å². The molecule has 0 bridgehead atoms. The van der Waals surface area contributed by atoms with Gasteiger partial charge < -0.3 is 13.9 Å². The zero-order valence-electron chi connectivity index (χ0n) is 16.3. The summed E-state index contributed by atoms with van der Waals surface area (Å²) in [5.74, 6) is -0.738. The number of rotatable bonds is 10. The van der Waals surface area contributed by atoms with Crippen LogP contribution in [0.15, 0.2) is 34.3 Å². The van der Waals surface area contributed by atoms with E-state index in [1.165, 1.54) is 20.1 Å². The van der Waals surface area contributed by atoms with Gasteiger partial charge in [-0.15, -0.1) is 0 Å². The Bertz CT molecular complexity index is 828. The number of hydrogen-bond acceptors (Lipinski definition) is 7. The lowest BCUT2D eigenvalue weighted by molar-refractivity contribution is -0.140. The van der Waals surface area contributed by atoms with E-state index in [0.717, 1.165) is 5.57 Å². The number of aldehydes is 1. The Morgan fingerprint density at radius 1 is 1.36 bits per heavy atom. The van der Waals surface area contributed by atoms with Gasteiger partial charge in [0, 0.05) is 24.5 Å². The Hall–Kier alpha value is -2.96. The molecule has 2 atom stereocenters. The van der Waals surface area contributed by atoms with E-state index in [9.17, 15) is 19.2 Å². The Kier molecular flexibility index (Phi) is 7.09. The smallest absolute Gasteiger partial charge is 0.341 e. The van der Waals surface area contributed by atoms with Crippen LogP contribution in [0.3, 0.4) is 0 Å². The Morgan fingerprint density at radius 2 is 2.07 bits per heavy atom. The van der Waals surface area contributed by atoms with Crippen molar-refractivity contribution in [2.45, 2.75) is 45.6 Å². The lowest BCUT2D eigenvalue weighted by atomic mass is 9.89. The molecule has 0 aromatic carbocycles. The van der Waals surface area contributed by atoms with E-state index in [1.807, 2.05) is 6.92 Å². The Morgan fingerprint density at radius 3 is 2.64 bits per heavy atom. The summed E-state index contributed by atoms with van der Waals surface area (Å²) in [5.41, 5.74) is 1.59. The van der Waals surface area contributed by atoms with E-state index < -0.39 is 18.0 Å². The molecule has 0 saturated carbocycles. The maximum absolute atomic E-state index is 12.0. The molecule has 2 unspecified atom stereocenters. The summed E-state index contributed by atoms with van der Waals surface area (Å²) in [6.45, 7) is 7.29. The molecule has 0 fully saturated rings. The molecular weight excluding hydrogens is 364 g/mol. The predicted molar refractivity (Wildman–Crippen MR) is 99.9 cm³/mol. The molecule has 150 valence electrons. The quantitative estimate of drug-likeness (QED) is 0.345. The van der Waals surface area contributed by atoms with Crippen LogP contribution in [0.4, 0.5) is 0 Å². The molecule has 1 aliphatic heterocycles. The molecular formula is C21H24O7. The van der Waals surface area contributed by atoms with Crippen molar-refractivity contribution in [3.05, 3.63) is 47.0 Å². The third kappa shape index (κ3) is 5.28. The number of furan rings is 1. The summed E-state index contributed by atoms with van der Waals surface area (Å²) in [5, 5.41) is 0. The molecule has 0 N–H and O–H groups in total. The zero-order valence-corrected chi connectivity index (χ0v) is 16.3. The second-order valence-corrected chi connectivity index (χ2v) is 6.92. The van der Waals surface area contributed by atoms with Crippen LogP contribution in [0.5, 0.6) is 0 Å². The summed E-state index contributed by atoms with van der Waals surface area (Å²) in [6.07, 6.45) is 3.24. The van der Waals surface area contributed by atoms with Crippen molar-refractivity contribution >= 4 is 24.0 Å². The topological polar surface area (TPSA) is 99.9 Å². The number of methoxy groups -OCH3 is 1. The largest absolute Gasteiger partial charge is 0.465 e.